The number of benzene rings is 2. The van der Waals surface area contributed by atoms with Crippen LogP contribution >= 0.6 is 11.6 Å². The highest BCUT2D eigenvalue weighted by molar-refractivity contribution is 6.30. The zero-order valence-electron chi connectivity index (χ0n) is 11.2. The number of phenols is 2. The number of phenolic OH excluding ortho intramolecular Hbond substituents is 2. The van der Waals surface area contributed by atoms with E-state index in [-0.39, 0.29) is 11.5 Å². The molecule has 3 nitrogen and oxygen atoms in total. The first-order valence-corrected chi connectivity index (χ1v) is 6.82. The maximum atomic E-state index is 9.80. The molecule has 0 saturated heterocycles. The number of aryl methyl sites for hydroxylation is 1. The third kappa shape index (κ3) is 3.52. The van der Waals surface area contributed by atoms with Crippen LogP contribution in [0.1, 0.15) is 24.5 Å². The molecule has 2 rings (SSSR count). The molecular formula is C16H16ClNO2. The molecule has 0 spiro atoms. The van der Waals surface area contributed by atoms with Gasteiger partial charge in [-0.1, -0.05) is 31.0 Å². The predicted octanol–water partition coefficient (Wildman–Crippen LogP) is 4.45. The van der Waals surface area contributed by atoms with Gasteiger partial charge in [0.25, 0.3) is 0 Å². The molecule has 0 amide bonds. The first kappa shape index (κ1) is 14.4. The van der Waals surface area contributed by atoms with Crippen molar-refractivity contribution in [1.29, 1.82) is 0 Å². The van der Waals surface area contributed by atoms with Crippen LogP contribution in [0, 0.1) is 0 Å². The van der Waals surface area contributed by atoms with Gasteiger partial charge in [-0.3, -0.25) is 4.99 Å². The fourth-order valence-corrected chi connectivity index (χ4v) is 2.07. The van der Waals surface area contributed by atoms with Crippen LogP contribution < -0.4 is 0 Å². The first-order valence-electron chi connectivity index (χ1n) is 6.44. The molecule has 4 heteroatoms. The zero-order valence-corrected chi connectivity index (χ0v) is 11.9. The van der Waals surface area contributed by atoms with Crippen molar-refractivity contribution in [2.45, 2.75) is 19.8 Å². The molecule has 0 radical (unpaired) electrons. The molecule has 0 bridgehead atoms. The summed E-state index contributed by atoms with van der Waals surface area (Å²) in [6.45, 7) is 2.10. The minimum atomic E-state index is 0.0994. The Morgan fingerprint density at radius 2 is 1.85 bits per heavy atom. The summed E-state index contributed by atoms with van der Waals surface area (Å²) < 4.78 is 0. The van der Waals surface area contributed by atoms with Crippen LogP contribution in [0.5, 0.6) is 11.5 Å². The van der Waals surface area contributed by atoms with Crippen molar-refractivity contribution >= 4 is 23.5 Å². The number of nitrogens with zero attached hydrogens (tertiary/aromatic N) is 1. The first-order chi connectivity index (χ1) is 9.60. The topological polar surface area (TPSA) is 52.8 Å². The van der Waals surface area contributed by atoms with Gasteiger partial charge in [0.1, 0.15) is 17.2 Å². The lowest BCUT2D eigenvalue weighted by molar-refractivity contribution is 0.474. The minimum absolute atomic E-state index is 0.0994. The van der Waals surface area contributed by atoms with E-state index in [4.69, 9.17) is 11.6 Å². The van der Waals surface area contributed by atoms with E-state index in [9.17, 15) is 10.2 Å². The standard InChI is InChI=1S/C16H16ClNO2/c1-2-3-11-4-6-16(20)14(8-11)18-10-12-9-13(17)5-7-15(12)19/h4-10,19-20H,2-3H2,1H3. The highest BCUT2D eigenvalue weighted by atomic mass is 35.5. The van der Waals surface area contributed by atoms with Crippen molar-refractivity contribution in [3.63, 3.8) is 0 Å². The van der Waals surface area contributed by atoms with Crippen LogP contribution in [0.4, 0.5) is 5.69 Å². The second-order valence-corrected chi connectivity index (χ2v) is 4.97. The van der Waals surface area contributed by atoms with Crippen molar-refractivity contribution in [3.05, 3.63) is 52.5 Å². The van der Waals surface area contributed by atoms with E-state index in [1.165, 1.54) is 12.3 Å². The van der Waals surface area contributed by atoms with Gasteiger partial charge in [0.15, 0.2) is 0 Å². The molecule has 0 heterocycles. The molecule has 0 aliphatic carbocycles. The molecule has 104 valence electrons. The van der Waals surface area contributed by atoms with Crippen molar-refractivity contribution in [2.75, 3.05) is 0 Å². The van der Waals surface area contributed by atoms with Crippen LogP contribution in [0.2, 0.25) is 5.02 Å². The van der Waals surface area contributed by atoms with E-state index in [1.807, 2.05) is 12.1 Å². The van der Waals surface area contributed by atoms with E-state index in [2.05, 4.69) is 11.9 Å². The van der Waals surface area contributed by atoms with E-state index >= 15 is 0 Å². The summed E-state index contributed by atoms with van der Waals surface area (Å²) in [6, 6.07) is 10.1. The van der Waals surface area contributed by atoms with Gasteiger partial charge >= 0.3 is 0 Å². The third-order valence-corrected chi connectivity index (χ3v) is 3.15. The fraction of sp³-hybridized carbons (Fsp3) is 0.188. The Hall–Kier alpha value is -2.00. The quantitative estimate of drug-likeness (QED) is 0.817. The Morgan fingerprint density at radius 1 is 1.10 bits per heavy atom. The fourth-order valence-electron chi connectivity index (χ4n) is 1.88. The van der Waals surface area contributed by atoms with Gasteiger partial charge in [-0.25, -0.2) is 0 Å². The lowest BCUT2D eigenvalue weighted by atomic mass is 10.1. The van der Waals surface area contributed by atoms with Crippen molar-refractivity contribution in [3.8, 4) is 11.5 Å². The van der Waals surface area contributed by atoms with Crippen LogP contribution in [0.3, 0.4) is 0 Å². The summed E-state index contributed by atoms with van der Waals surface area (Å²) in [5.41, 5.74) is 2.11. The number of hydrogen-bond acceptors (Lipinski definition) is 3. The zero-order chi connectivity index (χ0) is 14.5. The van der Waals surface area contributed by atoms with Gasteiger partial charge in [-0.05, 0) is 42.3 Å². The molecule has 0 fully saturated rings. The second-order valence-electron chi connectivity index (χ2n) is 4.53. The molecule has 0 aliphatic rings. The average Bonchev–Trinajstić information content (AvgIpc) is 2.43. The Kier molecular flexibility index (Phi) is 4.64. The molecule has 0 atom stereocenters. The number of aromatic hydroxyl groups is 2. The maximum absolute atomic E-state index is 9.80. The molecule has 0 aliphatic heterocycles. The maximum Gasteiger partial charge on any atom is 0.141 e. The lowest BCUT2D eigenvalue weighted by Crippen LogP contribution is -1.84. The number of halogens is 1. The highest BCUT2D eigenvalue weighted by Crippen LogP contribution is 2.28. The monoisotopic (exact) mass is 289 g/mol. The highest BCUT2D eigenvalue weighted by Gasteiger charge is 2.03. The summed E-state index contributed by atoms with van der Waals surface area (Å²) >= 11 is 5.87. The van der Waals surface area contributed by atoms with Crippen LogP contribution in [0.15, 0.2) is 41.4 Å². The molecule has 0 saturated carbocycles. The smallest absolute Gasteiger partial charge is 0.141 e. The van der Waals surface area contributed by atoms with Crippen molar-refractivity contribution in [1.82, 2.24) is 0 Å². The summed E-state index contributed by atoms with van der Waals surface area (Å²) in [4.78, 5) is 4.23. The van der Waals surface area contributed by atoms with Crippen LogP contribution in [-0.4, -0.2) is 16.4 Å². The molecular weight excluding hydrogens is 274 g/mol. The summed E-state index contributed by atoms with van der Waals surface area (Å²) in [6.07, 6.45) is 3.46. The normalized spacial score (nSPS) is 11.1. The average molecular weight is 290 g/mol. The van der Waals surface area contributed by atoms with Gasteiger partial charge < -0.3 is 10.2 Å². The van der Waals surface area contributed by atoms with Crippen molar-refractivity contribution < 1.29 is 10.2 Å². The predicted molar refractivity (Wildman–Crippen MR) is 82.5 cm³/mol. The van der Waals surface area contributed by atoms with Gasteiger partial charge in [0.05, 0.1) is 0 Å². The van der Waals surface area contributed by atoms with E-state index in [1.54, 1.807) is 18.2 Å². The van der Waals surface area contributed by atoms with E-state index in [0.29, 0.717) is 16.3 Å². The molecule has 2 aromatic carbocycles. The summed E-state index contributed by atoms with van der Waals surface area (Å²) in [5, 5.41) is 20.0. The van der Waals surface area contributed by atoms with Gasteiger partial charge in [0.2, 0.25) is 0 Å². The van der Waals surface area contributed by atoms with E-state index in [0.717, 1.165) is 18.4 Å². The Bertz CT molecular complexity index is 638. The largest absolute Gasteiger partial charge is 0.507 e. The second kappa shape index (κ2) is 6.44. The lowest BCUT2D eigenvalue weighted by Gasteiger charge is -2.04. The molecule has 2 aromatic rings. The van der Waals surface area contributed by atoms with Crippen LogP contribution in [0.25, 0.3) is 0 Å². The SMILES string of the molecule is CCCc1ccc(O)c(N=Cc2cc(Cl)ccc2O)c1. The van der Waals surface area contributed by atoms with Gasteiger partial charge in [-0.2, -0.15) is 0 Å². The number of aliphatic imine (C=N–C) groups is 1. The Balaban J connectivity index is 2.30. The molecule has 0 unspecified atom stereocenters. The summed E-state index contributed by atoms with van der Waals surface area (Å²) in [7, 11) is 0. The Morgan fingerprint density at radius 3 is 2.60 bits per heavy atom. The Labute approximate surface area is 123 Å². The van der Waals surface area contributed by atoms with Gasteiger partial charge in [0, 0.05) is 16.8 Å². The third-order valence-electron chi connectivity index (χ3n) is 2.91. The molecule has 0 aromatic heterocycles. The van der Waals surface area contributed by atoms with Crippen LogP contribution in [-0.2, 0) is 6.42 Å². The van der Waals surface area contributed by atoms with E-state index < -0.39 is 0 Å². The number of hydrogen-bond donors (Lipinski definition) is 2. The minimum Gasteiger partial charge on any atom is -0.507 e. The molecule has 20 heavy (non-hydrogen) atoms. The van der Waals surface area contributed by atoms with Gasteiger partial charge in [-0.15, -0.1) is 0 Å². The molecule has 2 N–H and O–H groups in total. The summed E-state index contributed by atoms with van der Waals surface area (Å²) in [5.74, 6) is 0.213. The van der Waals surface area contributed by atoms with Crippen molar-refractivity contribution in [2.24, 2.45) is 4.99 Å². The number of rotatable bonds is 4.